The van der Waals surface area contributed by atoms with Crippen LogP contribution in [0.4, 0.5) is 13.2 Å². The molecule has 0 saturated heterocycles. The van der Waals surface area contributed by atoms with Gasteiger partial charge in [-0.1, -0.05) is 11.6 Å². The van der Waals surface area contributed by atoms with Gasteiger partial charge >= 0.3 is 6.18 Å². The molecule has 0 fully saturated rings. The lowest BCUT2D eigenvalue weighted by atomic mass is 10.2. The first-order valence-electron chi connectivity index (χ1n) is 3.86. The fourth-order valence-electron chi connectivity index (χ4n) is 1.23. The summed E-state index contributed by atoms with van der Waals surface area (Å²) in [4.78, 5) is 2.62. The molecule has 2 aromatic rings. The van der Waals surface area contributed by atoms with E-state index in [4.69, 9.17) is 23.8 Å². The van der Waals surface area contributed by atoms with Crippen molar-refractivity contribution in [2.45, 2.75) is 6.18 Å². The first-order valence-corrected chi connectivity index (χ1v) is 4.65. The van der Waals surface area contributed by atoms with Gasteiger partial charge < -0.3 is 4.98 Å². The molecule has 0 aliphatic heterocycles. The summed E-state index contributed by atoms with van der Waals surface area (Å²) in [7, 11) is 0. The van der Waals surface area contributed by atoms with E-state index < -0.39 is 11.7 Å². The maximum Gasteiger partial charge on any atom is 0.417 e. The van der Waals surface area contributed by atoms with Crippen molar-refractivity contribution in [2.75, 3.05) is 0 Å². The molecule has 7 heteroatoms. The van der Waals surface area contributed by atoms with E-state index in [-0.39, 0.29) is 9.79 Å². The molecule has 2 nitrogen and oxygen atoms in total. The molecule has 2 aromatic heterocycles. The smallest absolute Gasteiger partial charge is 0.336 e. The van der Waals surface area contributed by atoms with Gasteiger partial charge in [0.05, 0.1) is 16.1 Å². The predicted octanol–water partition coefficient (Wildman–Crippen LogP) is 3.67. The maximum absolute atomic E-state index is 12.4. The van der Waals surface area contributed by atoms with Crippen LogP contribution in [0, 0.1) is 4.77 Å². The molecule has 0 atom stereocenters. The Labute approximate surface area is 92.3 Å². The minimum atomic E-state index is -4.43. The fourth-order valence-corrected chi connectivity index (χ4v) is 1.71. The van der Waals surface area contributed by atoms with Crippen LogP contribution in [0.2, 0.25) is 5.02 Å². The van der Waals surface area contributed by atoms with E-state index in [1.54, 1.807) is 0 Å². The average molecular weight is 253 g/mol. The molecule has 0 aromatic carbocycles. The minimum absolute atomic E-state index is 0.0113. The number of H-pyrrole nitrogens is 1. The van der Waals surface area contributed by atoms with Gasteiger partial charge in [-0.05, 0) is 18.3 Å². The number of hydrogen-bond donors (Lipinski definition) is 1. The van der Waals surface area contributed by atoms with Crippen molar-refractivity contribution < 1.29 is 13.2 Å². The van der Waals surface area contributed by atoms with E-state index in [1.807, 2.05) is 0 Å². The third-order valence-corrected chi connectivity index (χ3v) is 2.55. The third kappa shape index (κ3) is 1.74. The van der Waals surface area contributed by atoms with Crippen LogP contribution in [0.5, 0.6) is 0 Å². The lowest BCUT2D eigenvalue weighted by Gasteiger charge is -2.07. The lowest BCUT2D eigenvalue weighted by molar-refractivity contribution is -0.137. The molecule has 1 N–H and O–H groups in total. The summed E-state index contributed by atoms with van der Waals surface area (Å²) in [6.45, 7) is 0. The Morgan fingerprint density at radius 3 is 2.67 bits per heavy atom. The quantitative estimate of drug-likeness (QED) is 0.710. The zero-order valence-electron chi connectivity index (χ0n) is 7.10. The van der Waals surface area contributed by atoms with Crippen molar-refractivity contribution >= 4 is 29.3 Å². The summed E-state index contributed by atoms with van der Waals surface area (Å²) in [6.07, 6.45) is -2.05. The number of imidazole rings is 1. The zero-order chi connectivity index (χ0) is 11.2. The number of nitrogens with zero attached hydrogens (tertiary/aromatic N) is 1. The van der Waals surface area contributed by atoms with E-state index in [9.17, 15) is 13.2 Å². The SMILES string of the molecule is FC(F)(F)c1cc(Cl)c2c[nH]c(=S)n2c1. The molecule has 2 heterocycles. The molecule has 0 spiro atoms. The standard InChI is InChI=1S/C8H4ClF3N2S/c9-5-1-4(8(10,11)12)3-14-6(5)2-13-7(14)15/h1-3H,(H,13,15). The van der Waals surface area contributed by atoms with Crippen LogP contribution in [0.25, 0.3) is 5.52 Å². The van der Waals surface area contributed by atoms with Gasteiger partial charge in [-0.25, -0.2) is 0 Å². The van der Waals surface area contributed by atoms with E-state index in [0.29, 0.717) is 5.52 Å². The highest BCUT2D eigenvalue weighted by molar-refractivity contribution is 7.71. The van der Waals surface area contributed by atoms with Crippen LogP contribution in [-0.2, 0) is 6.18 Å². The second-order valence-corrected chi connectivity index (χ2v) is 3.72. The van der Waals surface area contributed by atoms with Crippen molar-refractivity contribution in [3.8, 4) is 0 Å². The summed E-state index contributed by atoms with van der Waals surface area (Å²) >= 11 is 10.5. The van der Waals surface area contributed by atoms with Gasteiger partial charge in [-0.2, -0.15) is 13.2 Å². The maximum atomic E-state index is 12.4. The predicted molar refractivity (Wildman–Crippen MR) is 52.6 cm³/mol. The summed E-state index contributed by atoms with van der Waals surface area (Å²) in [5.74, 6) is 0. The molecule has 0 unspecified atom stereocenters. The highest BCUT2D eigenvalue weighted by Gasteiger charge is 2.31. The van der Waals surface area contributed by atoms with Crippen molar-refractivity contribution in [3.63, 3.8) is 0 Å². The number of nitrogens with one attached hydrogen (secondary N) is 1. The van der Waals surface area contributed by atoms with Crippen LogP contribution in [-0.4, -0.2) is 9.38 Å². The van der Waals surface area contributed by atoms with Crippen molar-refractivity contribution in [1.82, 2.24) is 9.38 Å². The van der Waals surface area contributed by atoms with Crippen molar-refractivity contribution in [3.05, 3.63) is 33.8 Å². The van der Waals surface area contributed by atoms with Gasteiger partial charge in [0, 0.05) is 12.4 Å². The molecule has 2 rings (SSSR count). The Morgan fingerprint density at radius 2 is 2.07 bits per heavy atom. The normalized spacial score (nSPS) is 12.3. The molecular formula is C8H4ClF3N2S. The third-order valence-electron chi connectivity index (χ3n) is 1.93. The summed E-state index contributed by atoms with van der Waals surface area (Å²) in [5.41, 5.74) is -0.398. The summed E-state index contributed by atoms with van der Waals surface area (Å²) in [5, 5.41) is 0.0113. The number of rotatable bonds is 0. The molecule has 80 valence electrons. The number of halogens is 4. The Morgan fingerprint density at radius 1 is 1.40 bits per heavy atom. The minimum Gasteiger partial charge on any atom is -0.336 e. The molecule has 0 aliphatic rings. The van der Waals surface area contributed by atoms with E-state index >= 15 is 0 Å². The van der Waals surface area contributed by atoms with Gasteiger partial charge in [-0.3, -0.25) is 4.40 Å². The molecule has 0 aliphatic carbocycles. The van der Waals surface area contributed by atoms with Crippen LogP contribution in [0.1, 0.15) is 5.56 Å². The largest absolute Gasteiger partial charge is 0.417 e. The van der Waals surface area contributed by atoms with E-state index in [1.165, 1.54) is 10.6 Å². The molecule has 0 saturated carbocycles. The van der Waals surface area contributed by atoms with Gasteiger partial charge in [0.1, 0.15) is 0 Å². The van der Waals surface area contributed by atoms with Crippen LogP contribution >= 0.6 is 23.8 Å². The number of pyridine rings is 1. The highest BCUT2D eigenvalue weighted by atomic mass is 35.5. The number of alkyl halides is 3. The second kappa shape index (κ2) is 3.24. The number of aromatic amines is 1. The number of hydrogen-bond acceptors (Lipinski definition) is 1. The first-order chi connectivity index (χ1) is 6.89. The molecular weight excluding hydrogens is 249 g/mol. The Bertz CT molecular complexity index is 569. The van der Waals surface area contributed by atoms with Gasteiger partial charge in [0.15, 0.2) is 4.77 Å². The molecule has 0 radical (unpaired) electrons. The Balaban J connectivity index is 2.82. The highest BCUT2D eigenvalue weighted by Crippen LogP contribution is 2.32. The van der Waals surface area contributed by atoms with Gasteiger partial charge in [0.25, 0.3) is 0 Å². The fraction of sp³-hybridized carbons (Fsp3) is 0.125. The monoisotopic (exact) mass is 252 g/mol. The average Bonchev–Trinajstić information content (AvgIpc) is 2.47. The summed E-state index contributed by atoms with van der Waals surface area (Å²) < 4.78 is 38.6. The van der Waals surface area contributed by atoms with Gasteiger partial charge in [-0.15, -0.1) is 0 Å². The Hall–Kier alpha value is -1.01. The zero-order valence-corrected chi connectivity index (χ0v) is 8.67. The molecule has 15 heavy (non-hydrogen) atoms. The topological polar surface area (TPSA) is 20.2 Å². The summed E-state index contributed by atoms with van der Waals surface area (Å²) in [6, 6.07) is 0.875. The molecule has 0 bridgehead atoms. The van der Waals surface area contributed by atoms with Crippen molar-refractivity contribution in [2.24, 2.45) is 0 Å². The van der Waals surface area contributed by atoms with Crippen LogP contribution in [0.3, 0.4) is 0 Å². The molecule has 0 amide bonds. The van der Waals surface area contributed by atoms with E-state index in [0.717, 1.165) is 12.3 Å². The van der Waals surface area contributed by atoms with Crippen LogP contribution in [0.15, 0.2) is 18.5 Å². The second-order valence-electron chi connectivity index (χ2n) is 2.92. The van der Waals surface area contributed by atoms with Gasteiger partial charge in [0.2, 0.25) is 0 Å². The first kappa shape index (κ1) is 10.5. The number of fused-ring (bicyclic) bond motifs is 1. The Kier molecular flexibility index (Phi) is 2.27. The van der Waals surface area contributed by atoms with E-state index in [2.05, 4.69) is 4.98 Å². The lowest BCUT2D eigenvalue weighted by Crippen LogP contribution is -2.06. The van der Waals surface area contributed by atoms with Crippen LogP contribution < -0.4 is 0 Å². The number of aromatic nitrogens is 2. The van der Waals surface area contributed by atoms with Crippen molar-refractivity contribution in [1.29, 1.82) is 0 Å².